The fourth-order valence-electron chi connectivity index (χ4n) is 2.22. The van der Waals surface area contributed by atoms with Crippen LogP contribution in [0.2, 0.25) is 0 Å². The number of likely N-dealkylation sites (tertiary alicyclic amines) is 1. The highest BCUT2D eigenvalue weighted by atomic mass is 79.9. The zero-order valence-electron chi connectivity index (χ0n) is 10.3. The number of carbonyl (C=O) groups is 2. The maximum absolute atomic E-state index is 12.2. The zero-order chi connectivity index (χ0) is 14.0. The number of rotatable bonds is 2. The Kier molecular flexibility index (Phi) is 4.09. The molecule has 0 aliphatic carbocycles. The van der Waals surface area contributed by atoms with E-state index < -0.39 is 0 Å². The Balaban J connectivity index is 2.07. The van der Waals surface area contributed by atoms with Gasteiger partial charge in [-0.25, -0.2) is 0 Å². The van der Waals surface area contributed by atoms with E-state index in [-0.39, 0.29) is 29.0 Å². The van der Waals surface area contributed by atoms with Gasteiger partial charge in [0, 0.05) is 23.5 Å². The number of benzene rings is 1. The Morgan fingerprint density at radius 3 is 2.47 bits per heavy atom. The van der Waals surface area contributed by atoms with E-state index in [0.717, 1.165) is 0 Å². The van der Waals surface area contributed by atoms with Gasteiger partial charge >= 0.3 is 0 Å². The first-order valence-electron chi connectivity index (χ1n) is 6.06. The van der Waals surface area contributed by atoms with Crippen LogP contribution >= 0.6 is 15.9 Å². The van der Waals surface area contributed by atoms with Crippen LogP contribution in [0.15, 0.2) is 22.7 Å². The van der Waals surface area contributed by atoms with Crippen molar-refractivity contribution in [1.82, 2.24) is 4.90 Å². The number of nitrogens with zero attached hydrogens (tertiary/aromatic N) is 1. The zero-order valence-corrected chi connectivity index (χ0v) is 11.9. The SMILES string of the molecule is NC(=O)C1CCN(C(=O)c2ccc(Br)cc2O)CC1. The van der Waals surface area contributed by atoms with E-state index in [4.69, 9.17) is 5.73 Å². The molecule has 1 aliphatic rings. The molecular formula is C13H15BrN2O3. The van der Waals surface area contributed by atoms with Gasteiger partial charge < -0.3 is 15.7 Å². The summed E-state index contributed by atoms with van der Waals surface area (Å²) < 4.78 is 0.717. The van der Waals surface area contributed by atoms with Crippen molar-refractivity contribution in [3.8, 4) is 5.75 Å². The molecule has 1 aromatic rings. The van der Waals surface area contributed by atoms with Crippen LogP contribution in [-0.2, 0) is 4.79 Å². The van der Waals surface area contributed by atoms with Crippen molar-refractivity contribution in [1.29, 1.82) is 0 Å². The molecule has 1 fully saturated rings. The van der Waals surface area contributed by atoms with Gasteiger partial charge in [0.1, 0.15) is 5.75 Å². The van der Waals surface area contributed by atoms with Crippen LogP contribution in [0, 0.1) is 5.92 Å². The molecule has 0 bridgehead atoms. The molecule has 0 saturated carbocycles. The van der Waals surface area contributed by atoms with E-state index in [2.05, 4.69) is 15.9 Å². The molecule has 1 aliphatic heterocycles. The molecule has 102 valence electrons. The highest BCUT2D eigenvalue weighted by Crippen LogP contribution is 2.25. The van der Waals surface area contributed by atoms with Crippen LogP contribution in [0.1, 0.15) is 23.2 Å². The number of phenolic OH excluding ortho intramolecular Hbond substituents is 1. The summed E-state index contributed by atoms with van der Waals surface area (Å²) >= 11 is 3.23. The summed E-state index contributed by atoms with van der Waals surface area (Å²) in [6.45, 7) is 0.976. The minimum absolute atomic E-state index is 0.0450. The molecule has 0 atom stereocenters. The monoisotopic (exact) mass is 326 g/mol. The molecule has 0 radical (unpaired) electrons. The van der Waals surface area contributed by atoms with Crippen LogP contribution in [0.5, 0.6) is 5.75 Å². The minimum Gasteiger partial charge on any atom is -0.507 e. The first kappa shape index (κ1) is 13.9. The van der Waals surface area contributed by atoms with Crippen molar-refractivity contribution in [2.45, 2.75) is 12.8 Å². The predicted octanol–water partition coefficient (Wildman–Crippen LogP) is 1.49. The highest BCUT2D eigenvalue weighted by molar-refractivity contribution is 9.10. The van der Waals surface area contributed by atoms with Crippen molar-refractivity contribution in [2.75, 3.05) is 13.1 Å². The fraction of sp³-hybridized carbons (Fsp3) is 0.385. The Bertz CT molecular complexity index is 511. The van der Waals surface area contributed by atoms with Gasteiger partial charge in [0.25, 0.3) is 5.91 Å². The maximum Gasteiger partial charge on any atom is 0.257 e. The second kappa shape index (κ2) is 5.61. The smallest absolute Gasteiger partial charge is 0.257 e. The lowest BCUT2D eigenvalue weighted by Crippen LogP contribution is -2.41. The molecule has 0 aromatic heterocycles. The van der Waals surface area contributed by atoms with Crippen molar-refractivity contribution in [3.63, 3.8) is 0 Å². The summed E-state index contributed by atoms with van der Waals surface area (Å²) in [7, 11) is 0. The second-order valence-corrected chi connectivity index (χ2v) is 5.55. The number of primary amides is 1. The lowest BCUT2D eigenvalue weighted by molar-refractivity contribution is -0.123. The van der Waals surface area contributed by atoms with Crippen molar-refractivity contribution in [2.24, 2.45) is 11.7 Å². The number of hydrogen-bond acceptors (Lipinski definition) is 3. The number of aromatic hydroxyl groups is 1. The third-order valence-electron chi connectivity index (χ3n) is 3.37. The molecular weight excluding hydrogens is 312 g/mol. The molecule has 5 nitrogen and oxygen atoms in total. The lowest BCUT2D eigenvalue weighted by atomic mass is 9.96. The van der Waals surface area contributed by atoms with Gasteiger partial charge in [-0.15, -0.1) is 0 Å². The molecule has 0 spiro atoms. The van der Waals surface area contributed by atoms with Gasteiger partial charge in [-0.3, -0.25) is 9.59 Å². The summed E-state index contributed by atoms with van der Waals surface area (Å²) in [4.78, 5) is 25.0. The Hall–Kier alpha value is -1.56. The Morgan fingerprint density at radius 1 is 1.32 bits per heavy atom. The summed E-state index contributed by atoms with van der Waals surface area (Å²) in [5, 5.41) is 9.78. The largest absolute Gasteiger partial charge is 0.507 e. The summed E-state index contributed by atoms with van der Waals surface area (Å²) in [5.41, 5.74) is 5.53. The molecule has 1 saturated heterocycles. The van der Waals surface area contributed by atoms with E-state index in [0.29, 0.717) is 30.4 Å². The predicted molar refractivity (Wildman–Crippen MR) is 73.6 cm³/mol. The third-order valence-corrected chi connectivity index (χ3v) is 3.87. The van der Waals surface area contributed by atoms with Crippen LogP contribution in [0.25, 0.3) is 0 Å². The van der Waals surface area contributed by atoms with E-state index in [1.54, 1.807) is 17.0 Å². The van der Waals surface area contributed by atoms with Crippen LogP contribution in [0.4, 0.5) is 0 Å². The van der Waals surface area contributed by atoms with Crippen LogP contribution in [-0.4, -0.2) is 34.9 Å². The third kappa shape index (κ3) is 3.07. The number of piperidine rings is 1. The molecule has 6 heteroatoms. The van der Waals surface area contributed by atoms with Gasteiger partial charge in [0.05, 0.1) is 5.56 Å². The van der Waals surface area contributed by atoms with E-state index in [1.165, 1.54) is 6.07 Å². The summed E-state index contributed by atoms with van der Waals surface area (Å²) in [6.07, 6.45) is 1.16. The number of carbonyl (C=O) groups excluding carboxylic acids is 2. The van der Waals surface area contributed by atoms with Crippen molar-refractivity contribution < 1.29 is 14.7 Å². The van der Waals surface area contributed by atoms with E-state index in [9.17, 15) is 14.7 Å². The number of phenols is 1. The second-order valence-electron chi connectivity index (χ2n) is 4.63. The summed E-state index contributed by atoms with van der Waals surface area (Å²) in [5.74, 6) is -0.717. The van der Waals surface area contributed by atoms with Gasteiger partial charge in [0.15, 0.2) is 0 Å². The van der Waals surface area contributed by atoms with Crippen LogP contribution in [0.3, 0.4) is 0 Å². The highest BCUT2D eigenvalue weighted by Gasteiger charge is 2.27. The minimum atomic E-state index is -0.307. The normalized spacial score (nSPS) is 16.4. The fourth-order valence-corrected chi connectivity index (χ4v) is 2.57. The first-order valence-corrected chi connectivity index (χ1v) is 6.85. The molecule has 2 rings (SSSR count). The Labute approximate surface area is 119 Å². The summed E-state index contributed by atoms with van der Waals surface area (Å²) in [6, 6.07) is 4.79. The quantitative estimate of drug-likeness (QED) is 0.863. The number of nitrogens with two attached hydrogens (primary N) is 1. The van der Waals surface area contributed by atoms with Gasteiger partial charge in [-0.1, -0.05) is 15.9 Å². The maximum atomic E-state index is 12.2. The molecule has 0 unspecified atom stereocenters. The average Bonchev–Trinajstić information content (AvgIpc) is 2.38. The number of amides is 2. The lowest BCUT2D eigenvalue weighted by Gasteiger charge is -2.30. The van der Waals surface area contributed by atoms with E-state index >= 15 is 0 Å². The van der Waals surface area contributed by atoms with Crippen molar-refractivity contribution in [3.05, 3.63) is 28.2 Å². The molecule has 3 N–H and O–H groups in total. The molecule has 1 heterocycles. The molecule has 19 heavy (non-hydrogen) atoms. The van der Waals surface area contributed by atoms with Gasteiger partial charge in [-0.05, 0) is 31.0 Å². The number of hydrogen-bond donors (Lipinski definition) is 2. The van der Waals surface area contributed by atoms with Gasteiger partial charge in [-0.2, -0.15) is 0 Å². The molecule has 1 aromatic carbocycles. The van der Waals surface area contributed by atoms with Crippen molar-refractivity contribution >= 4 is 27.7 Å². The van der Waals surface area contributed by atoms with Gasteiger partial charge in [0.2, 0.25) is 5.91 Å². The standard InChI is InChI=1S/C13H15BrN2O3/c14-9-1-2-10(11(17)7-9)13(19)16-5-3-8(4-6-16)12(15)18/h1-2,7-8,17H,3-6H2,(H2,15,18). The average molecular weight is 327 g/mol. The van der Waals surface area contributed by atoms with E-state index in [1.807, 2.05) is 0 Å². The number of halogens is 1. The first-order chi connectivity index (χ1) is 8.99. The van der Waals surface area contributed by atoms with Crippen LogP contribution < -0.4 is 5.73 Å². The topological polar surface area (TPSA) is 83.6 Å². The Morgan fingerprint density at radius 2 is 1.95 bits per heavy atom. The molecule has 2 amide bonds.